The first-order valence-electron chi connectivity index (χ1n) is 12.3. The summed E-state index contributed by atoms with van der Waals surface area (Å²) in [6, 6.07) is 8.05. The van der Waals surface area contributed by atoms with E-state index in [1.54, 1.807) is 27.7 Å². The van der Waals surface area contributed by atoms with Gasteiger partial charge in [0.15, 0.2) is 5.16 Å². The van der Waals surface area contributed by atoms with E-state index in [0.717, 1.165) is 55.7 Å². The molecule has 0 amide bonds. The first kappa shape index (κ1) is 23.6. The van der Waals surface area contributed by atoms with Crippen LogP contribution in [0.15, 0.2) is 34.2 Å². The second-order valence-electron chi connectivity index (χ2n) is 9.49. The average molecular weight is 497 g/mol. The molecule has 4 heterocycles. The van der Waals surface area contributed by atoms with Crippen molar-refractivity contribution in [2.45, 2.75) is 77.7 Å². The Labute approximate surface area is 208 Å². The van der Waals surface area contributed by atoms with Crippen LogP contribution in [0.2, 0.25) is 0 Å². The van der Waals surface area contributed by atoms with Gasteiger partial charge in [0.1, 0.15) is 4.83 Å². The summed E-state index contributed by atoms with van der Waals surface area (Å²) in [6.07, 6.45) is 5.75. The van der Waals surface area contributed by atoms with E-state index in [0.29, 0.717) is 18.3 Å². The predicted molar refractivity (Wildman–Crippen MR) is 141 cm³/mol. The minimum Gasteiger partial charge on any atom is -0.372 e. The highest BCUT2D eigenvalue weighted by molar-refractivity contribution is 7.99. The minimum absolute atomic E-state index is 0.0121. The third-order valence-electron chi connectivity index (χ3n) is 6.57. The van der Waals surface area contributed by atoms with Gasteiger partial charge in [-0.1, -0.05) is 63.9 Å². The fourth-order valence-corrected chi connectivity index (χ4v) is 6.88. The number of fused-ring (bicyclic) bond motifs is 5. The van der Waals surface area contributed by atoms with Gasteiger partial charge in [0.05, 0.1) is 23.8 Å². The fourth-order valence-electron chi connectivity index (χ4n) is 4.65. The lowest BCUT2D eigenvalue weighted by atomic mass is 9.96. The summed E-state index contributed by atoms with van der Waals surface area (Å²) in [7, 11) is 0. The molecule has 4 aromatic rings. The van der Waals surface area contributed by atoms with Gasteiger partial charge in [0, 0.05) is 17.1 Å². The quantitative estimate of drug-likeness (QED) is 0.216. The molecule has 1 aliphatic rings. The highest BCUT2D eigenvalue weighted by Crippen LogP contribution is 2.37. The second-order valence-corrected chi connectivity index (χ2v) is 11.6. The first-order valence-corrected chi connectivity index (χ1v) is 14.1. The molecule has 0 aliphatic carbocycles. The zero-order chi connectivity index (χ0) is 23.8. The van der Waals surface area contributed by atoms with E-state index in [4.69, 9.17) is 4.74 Å². The number of nitrogens with zero attached hydrogens (tertiary/aromatic N) is 4. The van der Waals surface area contributed by atoms with Crippen LogP contribution in [0.5, 0.6) is 0 Å². The van der Waals surface area contributed by atoms with Gasteiger partial charge < -0.3 is 4.74 Å². The Hall–Kier alpha value is -2.16. The van der Waals surface area contributed by atoms with Crippen LogP contribution >= 0.6 is 23.1 Å². The lowest BCUT2D eigenvalue weighted by Gasteiger charge is -2.26. The number of benzene rings is 1. The average Bonchev–Trinajstić information content (AvgIpc) is 3.40. The fraction of sp³-hybridized carbons (Fsp3) is 0.500. The molecule has 0 unspecified atom stereocenters. The first-order chi connectivity index (χ1) is 16.5. The molecule has 0 radical (unpaired) electrons. The molecule has 180 valence electrons. The van der Waals surface area contributed by atoms with Gasteiger partial charge in [-0.25, -0.2) is 8.97 Å². The van der Waals surface area contributed by atoms with Gasteiger partial charge in [-0.2, -0.15) is 0 Å². The molecule has 34 heavy (non-hydrogen) atoms. The number of hydrogen-bond donors (Lipinski definition) is 0. The molecule has 0 saturated heterocycles. The Morgan fingerprint density at radius 3 is 2.85 bits per heavy atom. The Bertz CT molecular complexity index is 1390. The van der Waals surface area contributed by atoms with E-state index in [1.807, 2.05) is 31.2 Å². The van der Waals surface area contributed by atoms with Crippen LogP contribution in [0.3, 0.4) is 0 Å². The molecule has 6 nitrogen and oxygen atoms in total. The second kappa shape index (κ2) is 9.84. The van der Waals surface area contributed by atoms with E-state index < -0.39 is 0 Å². The van der Waals surface area contributed by atoms with Gasteiger partial charge in [-0.3, -0.25) is 4.79 Å². The molecule has 0 bridgehead atoms. The van der Waals surface area contributed by atoms with Crippen molar-refractivity contribution in [3.63, 3.8) is 0 Å². The topological polar surface area (TPSA) is 61.4 Å². The van der Waals surface area contributed by atoms with E-state index in [-0.39, 0.29) is 11.7 Å². The summed E-state index contributed by atoms with van der Waals surface area (Å²) < 4.78 is 10.0. The van der Waals surface area contributed by atoms with Crippen molar-refractivity contribution in [2.24, 2.45) is 5.92 Å². The van der Waals surface area contributed by atoms with Crippen LogP contribution in [0.4, 0.5) is 0 Å². The lowest BCUT2D eigenvalue weighted by molar-refractivity contribution is 0.00200. The van der Waals surface area contributed by atoms with Crippen molar-refractivity contribution in [2.75, 3.05) is 5.75 Å². The van der Waals surface area contributed by atoms with Gasteiger partial charge in [-0.15, -0.1) is 21.5 Å². The van der Waals surface area contributed by atoms with Crippen LogP contribution in [0.25, 0.3) is 21.7 Å². The Morgan fingerprint density at radius 2 is 2.09 bits per heavy atom. The summed E-state index contributed by atoms with van der Waals surface area (Å²) in [6.45, 7) is 9.20. The molecule has 1 aliphatic heterocycles. The smallest absolute Gasteiger partial charge is 0.268 e. The third-order valence-corrected chi connectivity index (χ3v) is 8.78. The minimum atomic E-state index is -0.0121. The largest absolute Gasteiger partial charge is 0.372 e. The molecule has 0 fully saturated rings. The van der Waals surface area contributed by atoms with Crippen molar-refractivity contribution in [3.05, 3.63) is 50.6 Å². The van der Waals surface area contributed by atoms with E-state index >= 15 is 0 Å². The van der Waals surface area contributed by atoms with E-state index in [1.165, 1.54) is 19.3 Å². The predicted octanol–water partition coefficient (Wildman–Crippen LogP) is 6.17. The number of ether oxygens (including phenoxy) is 1. The number of thioether (sulfide) groups is 1. The monoisotopic (exact) mass is 496 g/mol. The van der Waals surface area contributed by atoms with Crippen molar-refractivity contribution < 1.29 is 4.74 Å². The van der Waals surface area contributed by atoms with Gasteiger partial charge in [-0.05, 0) is 42.5 Å². The van der Waals surface area contributed by atoms with E-state index in [9.17, 15) is 4.79 Å². The third kappa shape index (κ3) is 4.20. The molecule has 5 rings (SSSR count). The van der Waals surface area contributed by atoms with Crippen molar-refractivity contribution in [1.82, 2.24) is 19.2 Å². The Morgan fingerprint density at radius 1 is 1.24 bits per heavy atom. The molecule has 8 heteroatoms. The number of rotatable bonds is 8. The van der Waals surface area contributed by atoms with Gasteiger partial charge >= 0.3 is 0 Å². The molecule has 0 spiro atoms. The summed E-state index contributed by atoms with van der Waals surface area (Å²) >= 11 is 3.40. The Kier molecular flexibility index (Phi) is 6.82. The zero-order valence-electron chi connectivity index (χ0n) is 20.3. The number of thiophene rings is 1. The molecular weight excluding hydrogens is 464 g/mol. The zero-order valence-corrected chi connectivity index (χ0v) is 22.0. The number of hydrogen-bond acceptors (Lipinski definition) is 6. The van der Waals surface area contributed by atoms with Crippen LogP contribution in [-0.4, -0.2) is 31.0 Å². The maximum absolute atomic E-state index is 14.0. The molecule has 1 aromatic carbocycles. The maximum atomic E-state index is 14.0. The van der Waals surface area contributed by atoms with Crippen molar-refractivity contribution in [1.29, 1.82) is 0 Å². The molecular formula is C26H32N4O2S2. The van der Waals surface area contributed by atoms with Crippen molar-refractivity contribution >= 4 is 39.1 Å². The highest BCUT2D eigenvalue weighted by atomic mass is 32.2. The number of aryl methyl sites for hydroxylation is 1. The number of unbranched alkanes of at least 4 members (excludes halogenated alkanes) is 3. The highest BCUT2D eigenvalue weighted by Gasteiger charge is 2.30. The van der Waals surface area contributed by atoms with Gasteiger partial charge in [0.2, 0.25) is 5.78 Å². The SMILES string of the molecule is CCCCCCSc1nnc2n(-c3cccc(C)c3)c(=O)c3c4c(sc3n12)CO[C@@H](C(C)C)C4. The number of aromatic nitrogens is 4. The van der Waals surface area contributed by atoms with Crippen LogP contribution in [0.1, 0.15) is 62.5 Å². The Balaban J connectivity index is 1.71. The van der Waals surface area contributed by atoms with Crippen LogP contribution < -0.4 is 5.56 Å². The summed E-state index contributed by atoms with van der Waals surface area (Å²) in [5.74, 6) is 1.98. The van der Waals surface area contributed by atoms with E-state index in [2.05, 4.69) is 35.4 Å². The molecule has 3 aromatic heterocycles. The van der Waals surface area contributed by atoms with Crippen LogP contribution in [0, 0.1) is 12.8 Å². The summed E-state index contributed by atoms with van der Waals surface area (Å²) in [4.78, 5) is 16.1. The summed E-state index contributed by atoms with van der Waals surface area (Å²) in [5.41, 5.74) is 3.07. The standard InChI is InChI=1S/C26H32N4O2S2/c1-5-6-7-8-12-33-26-28-27-25-29(18-11-9-10-17(4)13-18)23(31)22-19-14-20(16(2)3)32-15-21(19)34-24(22)30(25)26/h9-11,13,16,20H,5-8,12,14-15H2,1-4H3/t20-/m1/s1. The maximum Gasteiger partial charge on any atom is 0.268 e. The van der Waals surface area contributed by atoms with Crippen LogP contribution in [-0.2, 0) is 17.8 Å². The lowest BCUT2D eigenvalue weighted by Crippen LogP contribution is -2.28. The van der Waals surface area contributed by atoms with Crippen molar-refractivity contribution in [3.8, 4) is 5.69 Å². The molecule has 0 N–H and O–H groups in total. The molecule has 0 saturated carbocycles. The molecule has 1 atom stereocenters. The normalized spacial score (nSPS) is 16.1. The van der Waals surface area contributed by atoms with Gasteiger partial charge in [0.25, 0.3) is 5.56 Å². The summed E-state index contributed by atoms with van der Waals surface area (Å²) in [5, 5.41) is 10.7.